The van der Waals surface area contributed by atoms with Gasteiger partial charge in [0.1, 0.15) is 0 Å². The third-order valence-corrected chi connectivity index (χ3v) is 3.22. The van der Waals surface area contributed by atoms with Crippen molar-refractivity contribution in [2.24, 2.45) is 0 Å². The maximum Gasteiger partial charge on any atom is 0.280 e. The Morgan fingerprint density at radius 2 is 2.10 bits per heavy atom. The lowest BCUT2D eigenvalue weighted by Crippen LogP contribution is -2.36. The van der Waals surface area contributed by atoms with Crippen LogP contribution in [0.4, 0.5) is 11.4 Å². The first-order valence-corrected chi connectivity index (χ1v) is 6.31. The first kappa shape index (κ1) is 14.4. The third-order valence-electron chi connectivity index (χ3n) is 3.22. The van der Waals surface area contributed by atoms with Gasteiger partial charge < -0.3 is 10.1 Å². The van der Waals surface area contributed by atoms with Gasteiger partial charge in [-0.15, -0.1) is 0 Å². The van der Waals surface area contributed by atoms with Gasteiger partial charge in [-0.3, -0.25) is 20.2 Å². The summed E-state index contributed by atoms with van der Waals surface area (Å²) >= 11 is 0. The van der Waals surface area contributed by atoms with Crippen LogP contribution < -0.4 is 5.32 Å². The standard InChI is InChI=1S/C12H15N3O5/c16-14(17)11-4-3-9(12(6-11)15(18)19)7-13-10-2-1-5-20-8-10/h3-4,6,10,13H,1-2,5,7-8H2. The molecule has 1 aliphatic rings. The van der Waals surface area contributed by atoms with Gasteiger partial charge in [0.05, 0.1) is 22.5 Å². The highest BCUT2D eigenvalue weighted by Gasteiger charge is 2.20. The molecular formula is C12H15N3O5. The van der Waals surface area contributed by atoms with E-state index in [9.17, 15) is 20.2 Å². The molecule has 1 saturated heterocycles. The van der Waals surface area contributed by atoms with Crippen LogP contribution in [0.15, 0.2) is 18.2 Å². The van der Waals surface area contributed by atoms with Crippen molar-refractivity contribution in [2.75, 3.05) is 13.2 Å². The number of non-ortho nitro benzene ring substituents is 1. The molecule has 1 aliphatic heterocycles. The minimum atomic E-state index is -0.640. The van der Waals surface area contributed by atoms with Crippen molar-refractivity contribution in [3.05, 3.63) is 44.0 Å². The second kappa shape index (κ2) is 6.40. The summed E-state index contributed by atoms with van der Waals surface area (Å²) in [6.45, 7) is 1.62. The first-order chi connectivity index (χ1) is 9.58. The Labute approximate surface area is 115 Å². The van der Waals surface area contributed by atoms with Crippen molar-refractivity contribution in [1.82, 2.24) is 5.32 Å². The Morgan fingerprint density at radius 1 is 1.30 bits per heavy atom. The van der Waals surface area contributed by atoms with Crippen LogP contribution in [0.2, 0.25) is 0 Å². The molecule has 2 rings (SSSR count). The average Bonchev–Trinajstić information content (AvgIpc) is 2.45. The van der Waals surface area contributed by atoms with Crippen molar-refractivity contribution < 1.29 is 14.6 Å². The van der Waals surface area contributed by atoms with E-state index in [0.717, 1.165) is 25.5 Å². The zero-order valence-electron chi connectivity index (χ0n) is 10.8. The topological polar surface area (TPSA) is 108 Å². The number of hydrogen-bond acceptors (Lipinski definition) is 6. The molecule has 0 bridgehead atoms. The number of hydrogen-bond donors (Lipinski definition) is 1. The van der Waals surface area contributed by atoms with Gasteiger partial charge in [0.2, 0.25) is 0 Å². The molecule has 0 radical (unpaired) electrons. The minimum Gasteiger partial charge on any atom is -0.380 e. The number of ether oxygens (including phenoxy) is 1. The molecule has 1 fully saturated rings. The lowest BCUT2D eigenvalue weighted by molar-refractivity contribution is -0.394. The van der Waals surface area contributed by atoms with Crippen LogP contribution in [0.3, 0.4) is 0 Å². The van der Waals surface area contributed by atoms with E-state index in [2.05, 4.69) is 5.32 Å². The van der Waals surface area contributed by atoms with Gasteiger partial charge in [0.15, 0.2) is 0 Å². The van der Waals surface area contributed by atoms with E-state index in [1.54, 1.807) is 0 Å². The highest BCUT2D eigenvalue weighted by atomic mass is 16.6. The monoisotopic (exact) mass is 281 g/mol. The van der Waals surface area contributed by atoms with E-state index in [-0.39, 0.29) is 17.4 Å². The summed E-state index contributed by atoms with van der Waals surface area (Å²) < 4.78 is 5.31. The summed E-state index contributed by atoms with van der Waals surface area (Å²) in [5, 5.41) is 24.8. The predicted molar refractivity (Wildman–Crippen MR) is 70.4 cm³/mol. The number of nitro benzene ring substituents is 2. The maximum atomic E-state index is 11.0. The number of nitrogens with one attached hydrogen (secondary N) is 1. The zero-order chi connectivity index (χ0) is 14.5. The SMILES string of the molecule is O=[N+]([O-])c1ccc(CNC2CCCOC2)c([N+](=O)[O-])c1. The van der Waals surface area contributed by atoms with Gasteiger partial charge >= 0.3 is 0 Å². The van der Waals surface area contributed by atoms with Crippen LogP contribution in [0.1, 0.15) is 18.4 Å². The highest BCUT2D eigenvalue weighted by molar-refractivity contribution is 5.49. The molecule has 20 heavy (non-hydrogen) atoms. The summed E-state index contributed by atoms with van der Waals surface area (Å²) in [5.74, 6) is 0. The number of benzene rings is 1. The molecule has 1 unspecified atom stereocenters. The largest absolute Gasteiger partial charge is 0.380 e. The van der Waals surface area contributed by atoms with Gasteiger partial charge in [0.25, 0.3) is 11.4 Å². The first-order valence-electron chi connectivity index (χ1n) is 6.31. The van der Waals surface area contributed by atoms with E-state index < -0.39 is 9.85 Å². The van der Waals surface area contributed by atoms with Crippen molar-refractivity contribution >= 4 is 11.4 Å². The quantitative estimate of drug-likeness (QED) is 0.651. The molecule has 1 aromatic carbocycles. The smallest absolute Gasteiger partial charge is 0.280 e. The second-order valence-electron chi connectivity index (χ2n) is 4.62. The molecule has 8 nitrogen and oxygen atoms in total. The lowest BCUT2D eigenvalue weighted by atomic mass is 10.1. The number of nitrogens with zero attached hydrogens (tertiary/aromatic N) is 2. The molecule has 1 heterocycles. The summed E-state index contributed by atoms with van der Waals surface area (Å²) in [4.78, 5) is 20.4. The number of nitro groups is 2. The van der Waals surface area contributed by atoms with Crippen LogP contribution >= 0.6 is 0 Å². The molecule has 1 aromatic rings. The Bertz CT molecular complexity index is 514. The Hall–Kier alpha value is -2.06. The Morgan fingerprint density at radius 3 is 2.70 bits per heavy atom. The molecule has 0 amide bonds. The maximum absolute atomic E-state index is 11.0. The zero-order valence-corrected chi connectivity index (χ0v) is 10.8. The Balaban J connectivity index is 2.09. The van der Waals surface area contributed by atoms with Crippen molar-refractivity contribution in [3.8, 4) is 0 Å². The van der Waals surface area contributed by atoms with Crippen LogP contribution in [-0.4, -0.2) is 29.1 Å². The van der Waals surface area contributed by atoms with E-state index in [4.69, 9.17) is 4.74 Å². The molecule has 0 aromatic heterocycles. The average molecular weight is 281 g/mol. The normalized spacial score (nSPS) is 18.7. The summed E-state index contributed by atoms with van der Waals surface area (Å²) in [6, 6.07) is 3.86. The molecular weight excluding hydrogens is 266 g/mol. The minimum absolute atomic E-state index is 0.165. The summed E-state index contributed by atoms with van der Waals surface area (Å²) in [6.07, 6.45) is 1.92. The van der Waals surface area contributed by atoms with Crippen LogP contribution in [0.25, 0.3) is 0 Å². The second-order valence-corrected chi connectivity index (χ2v) is 4.62. The van der Waals surface area contributed by atoms with Gasteiger partial charge in [-0.05, 0) is 18.9 Å². The fourth-order valence-electron chi connectivity index (χ4n) is 2.14. The van der Waals surface area contributed by atoms with E-state index >= 15 is 0 Å². The van der Waals surface area contributed by atoms with E-state index in [1.807, 2.05) is 0 Å². The lowest BCUT2D eigenvalue weighted by Gasteiger charge is -2.23. The summed E-state index contributed by atoms with van der Waals surface area (Å²) in [5.41, 5.74) is -0.0731. The molecule has 0 saturated carbocycles. The third kappa shape index (κ3) is 3.49. The van der Waals surface area contributed by atoms with Crippen LogP contribution in [-0.2, 0) is 11.3 Å². The number of rotatable bonds is 5. The summed E-state index contributed by atoms with van der Waals surface area (Å²) in [7, 11) is 0. The molecule has 108 valence electrons. The van der Waals surface area contributed by atoms with Gasteiger partial charge in [-0.25, -0.2) is 0 Å². The predicted octanol–water partition coefficient (Wildman–Crippen LogP) is 1.77. The molecule has 1 N–H and O–H groups in total. The molecule has 8 heteroatoms. The van der Waals surface area contributed by atoms with Crippen LogP contribution in [0, 0.1) is 20.2 Å². The highest BCUT2D eigenvalue weighted by Crippen LogP contribution is 2.24. The fourth-order valence-corrected chi connectivity index (χ4v) is 2.14. The fraction of sp³-hybridized carbons (Fsp3) is 0.500. The van der Waals surface area contributed by atoms with Crippen LogP contribution in [0.5, 0.6) is 0 Å². The molecule has 0 aliphatic carbocycles. The van der Waals surface area contributed by atoms with Crippen molar-refractivity contribution in [3.63, 3.8) is 0 Å². The molecule has 0 spiro atoms. The van der Waals surface area contributed by atoms with E-state index in [1.165, 1.54) is 12.1 Å². The van der Waals surface area contributed by atoms with Gasteiger partial charge in [-0.1, -0.05) is 0 Å². The van der Waals surface area contributed by atoms with Gasteiger partial charge in [-0.2, -0.15) is 0 Å². The van der Waals surface area contributed by atoms with Gasteiger partial charge in [0, 0.05) is 30.8 Å². The van der Waals surface area contributed by atoms with E-state index in [0.29, 0.717) is 18.7 Å². The molecule has 1 atom stereocenters. The van der Waals surface area contributed by atoms with Crippen molar-refractivity contribution in [2.45, 2.75) is 25.4 Å². The van der Waals surface area contributed by atoms with Crippen molar-refractivity contribution in [1.29, 1.82) is 0 Å². The Kier molecular flexibility index (Phi) is 4.59.